The number of hydrogen-bond donors (Lipinski definition) is 2. The molecule has 0 bridgehead atoms. The van der Waals surface area contributed by atoms with E-state index in [2.05, 4.69) is 23.8 Å². The maximum absolute atomic E-state index is 11.4. The minimum absolute atomic E-state index is 0.262. The van der Waals surface area contributed by atoms with Crippen molar-refractivity contribution >= 4 is 0 Å². The predicted octanol–water partition coefficient (Wildman–Crippen LogP) is 1.43. The highest BCUT2D eigenvalue weighted by molar-refractivity contribution is 5.03. The summed E-state index contributed by atoms with van der Waals surface area (Å²) in [5.41, 5.74) is -0.0368. The van der Waals surface area contributed by atoms with E-state index in [1.165, 1.54) is 19.0 Å². The number of H-pyrrole nitrogens is 2. The first-order valence-electron chi connectivity index (χ1n) is 5.44. The number of aromatic nitrogens is 2. The molecule has 0 fully saturated rings. The minimum atomic E-state index is -0.440. The van der Waals surface area contributed by atoms with Crippen molar-refractivity contribution in [2.45, 2.75) is 39.5 Å². The van der Waals surface area contributed by atoms with Crippen molar-refractivity contribution in [1.29, 1.82) is 0 Å². The Kier molecular flexibility index (Phi) is 4.34. The Bertz CT molecular complexity index is 406. The first kappa shape index (κ1) is 11.8. The van der Waals surface area contributed by atoms with Gasteiger partial charge in [0.2, 0.25) is 0 Å². The molecule has 1 aromatic rings. The molecule has 84 valence electrons. The zero-order valence-corrected chi connectivity index (χ0v) is 9.30. The molecule has 0 aliphatic heterocycles. The largest absolute Gasteiger partial charge is 0.325 e. The van der Waals surface area contributed by atoms with Crippen molar-refractivity contribution in [3.05, 3.63) is 32.6 Å². The van der Waals surface area contributed by atoms with Crippen LogP contribution in [0.4, 0.5) is 0 Å². The average molecular weight is 210 g/mol. The molecule has 4 heteroatoms. The van der Waals surface area contributed by atoms with Gasteiger partial charge < -0.3 is 4.98 Å². The van der Waals surface area contributed by atoms with Crippen molar-refractivity contribution in [1.82, 2.24) is 9.97 Å². The highest BCUT2D eigenvalue weighted by Crippen LogP contribution is 2.11. The summed E-state index contributed by atoms with van der Waals surface area (Å²) in [7, 11) is 0. The van der Waals surface area contributed by atoms with Gasteiger partial charge in [-0.1, -0.05) is 33.1 Å². The fourth-order valence-electron chi connectivity index (χ4n) is 1.62. The summed E-state index contributed by atoms with van der Waals surface area (Å²) in [5, 5.41) is 0. The van der Waals surface area contributed by atoms with Crippen LogP contribution in [0.5, 0.6) is 0 Å². The van der Waals surface area contributed by atoms with Gasteiger partial charge in [-0.05, 0) is 12.3 Å². The molecule has 0 spiro atoms. The lowest BCUT2D eigenvalue weighted by atomic mass is 9.97. The molecule has 0 aliphatic carbocycles. The molecule has 0 aliphatic rings. The number of unbranched alkanes of at least 4 members (excludes halogenated alkanes) is 1. The number of rotatable bonds is 5. The normalized spacial score (nSPS) is 12.7. The van der Waals surface area contributed by atoms with Gasteiger partial charge in [-0.25, -0.2) is 4.79 Å². The second-order valence-corrected chi connectivity index (χ2v) is 4.05. The molecule has 15 heavy (non-hydrogen) atoms. The van der Waals surface area contributed by atoms with Crippen LogP contribution in [0, 0.1) is 5.92 Å². The van der Waals surface area contributed by atoms with Crippen molar-refractivity contribution in [3.8, 4) is 0 Å². The van der Waals surface area contributed by atoms with Crippen LogP contribution in [0.15, 0.2) is 15.8 Å². The summed E-state index contributed by atoms with van der Waals surface area (Å²) in [4.78, 5) is 26.9. The van der Waals surface area contributed by atoms with Crippen molar-refractivity contribution in [2.75, 3.05) is 0 Å². The Labute approximate surface area is 88.7 Å². The topological polar surface area (TPSA) is 65.7 Å². The van der Waals surface area contributed by atoms with Crippen LogP contribution < -0.4 is 11.2 Å². The summed E-state index contributed by atoms with van der Waals surface area (Å²) in [6, 6.07) is 0. The fraction of sp³-hybridized carbons (Fsp3) is 0.636. The van der Waals surface area contributed by atoms with E-state index in [1.807, 2.05) is 0 Å². The Balaban J connectivity index is 2.64. The fourth-order valence-corrected chi connectivity index (χ4v) is 1.62. The van der Waals surface area contributed by atoms with E-state index < -0.39 is 5.69 Å². The van der Waals surface area contributed by atoms with Crippen molar-refractivity contribution in [2.24, 2.45) is 5.92 Å². The average Bonchev–Trinajstić information content (AvgIpc) is 2.19. The van der Waals surface area contributed by atoms with Gasteiger partial charge in [0.05, 0.1) is 0 Å². The van der Waals surface area contributed by atoms with Crippen LogP contribution >= 0.6 is 0 Å². The van der Waals surface area contributed by atoms with Crippen LogP contribution in [-0.4, -0.2) is 9.97 Å². The Morgan fingerprint density at radius 1 is 1.40 bits per heavy atom. The van der Waals surface area contributed by atoms with Crippen LogP contribution in [0.25, 0.3) is 0 Å². The minimum Gasteiger partial charge on any atom is -0.314 e. The molecule has 1 atom stereocenters. The summed E-state index contributed by atoms with van der Waals surface area (Å²) in [5.74, 6) is 0.483. The molecule has 0 aromatic carbocycles. The number of aromatic amines is 2. The first-order chi connectivity index (χ1) is 7.13. The molecule has 1 heterocycles. The number of hydrogen-bond acceptors (Lipinski definition) is 2. The van der Waals surface area contributed by atoms with E-state index in [9.17, 15) is 9.59 Å². The van der Waals surface area contributed by atoms with Crippen LogP contribution in [-0.2, 0) is 6.42 Å². The molecule has 0 radical (unpaired) electrons. The molecule has 0 amide bonds. The molecule has 0 saturated carbocycles. The maximum Gasteiger partial charge on any atom is 0.325 e. The number of nitrogens with one attached hydrogen (secondary N) is 2. The lowest BCUT2D eigenvalue weighted by molar-refractivity contribution is 0.500. The van der Waals surface area contributed by atoms with Crippen LogP contribution in [0.2, 0.25) is 0 Å². The predicted molar refractivity (Wildman–Crippen MR) is 60.1 cm³/mol. The summed E-state index contributed by atoms with van der Waals surface area (Å²) in [6.07, 6.45) is 5.72. The quantitative estimate of drug-likeness (QED) is 0.772. The molecular formula is C11H18N2O2. The van der Waals surface area contributed by atoms with Crippen LogP contribution in [0.3, 0.4) is 0 Å². The third-order valence-electron chi connectivity index (χ3n) is 2.52. The molecule has 1 unspecified atom stereocenters. The smallest absolute Gasteiger partial charge is 0.314 e. The lowest BCUT2D eigenvalue weighted by Crippen LogP contribution is -2.25. The van der Waals surface area contributed by atoms with Gasteiger partial charge in [-0.3, -0.25) is 9.78 Å². The Morgan fingerprint density at radius 3 is 2.73 bits per heavy atom. The van der Waals surface area contributed by atoms with E-state index >= 15 is 0 Å². The zero-order valence-electron chi connectivity index (χ0n) is 9.30. The van der Waals surface area contributed by atoms with E-state index in [4.69, 9.17) is 0 Å². The standard InChI is InChI=1S/C11H18N2O2/c1-3-4-5-8(2)6-9-7-12-11(15)13-10(9)14/h7-8H,3-6H2,1-2H3,(H2,12,13,14,15). The second-order valence-electron chi connectivity index (χ2n) is 4.05. The maximum atomic E-state index is 11.4. The van der Waals surface area contributed by atoms with Crippen molar-refractivity contribution in [3.63, 3.8) is 0 Å². The first-order valence-corrected chi connectivity index (χ1v) is 5.44. The third kappa shape index (κ3) is 3.73. The zero-order chi connectivity index (χ0) is 11.3. The van der Waals surface area contributed by atoms with Gasteiger partial charge in [-0.2, -0.15) is 0 Å². The van der Waals surface area contributed by atoms with E-state index in [0.717, 1.165) is 12.8 Å². The van der Waals surface area contributed by atoms with E-state index in [0.29, 0.717) is 11.5 Å². The molecule has 1 rings (SSSR count). The van der Waals surface area contributed by atoms with E-state index in [1.54, 1.807) is 0 Å². The van der Waals surface area contributed by atoms with Gasteiger partial charge in [-0.15, -0.1) is 0 Å². The van der Waals surface area contributed by atoms with Gasteiger partial charge in [0.25, 0.3) is 5.56 Å². The monoisotopic (exact) mass is 210 g/mol. The molecule has 4 nitrogen and oxygen atoms in total. The summed E-state index contributed by atoms with van der Waals surface area (Å²) >= 11 is 0. The molecular weight excluding hydrogens is 192 g/mol. The van der Waals surface area contributed by atoms with Crippen LogP contribution in [0.1, 0.15) is 38.7 Å². The van der Waals surface area contributed by atoms with Gasteiger partial charge in [0.15, 0.2) is 0 Å². The van der Waals surface area contributed by atoms with E-state index in [-0.39, 0.29) is 5.56 Å². The third-order valence-corrected chi connectivity index (χ3v) is 2.52. The second kappa shape index (κ2) is 5.53. The van der Waals surface area contributed by atoms with Crippen molar-refractivity contribution < 1.29 is 0 Å². The Hall–Kier alpha value is -1.32. The summed E-state index contributed by atoms with van der Waals surface area (Å²) < 4.78 is 0. The molecule has 0 saturated heterocycles. The van der Waals surface area contributed by atoms with Gasteiger partial charge in [0, 0.05) is 11.8 Å². The molecule has 1 aromatic heterocycles. The highest BCUT2D eigenvalue weighted by atomic mass is 16.2. The lowest BCUT2D eigenvalue weighted by Gasteiger charge is -2.09. The van der Waals surface area contributed by atoms with Gasteiger partial charge in [0.1, 0.15) is 0 Å². The summed E-state index contributed by atoms with van der Waals surface area (Å²) in [6.45, 7) is 4.28. The highest BCUT2D eigenvalue weighted by Gasteiger charge is 2.06. The molecule has 2 N–H and O–H groups in total. The SMILES string of the molecule is CCCCC(C)Cc1c[nH]c(=O)[nH]c1=O. The Morgan fingerprint density at radius 2 is 2.13 bits per heavy atom. The van der Waals surface area contributed by atoms with Gasteiger partial charge >= 0.3 is 5.69 Å².